The van der Waals surface area contributed by atoms with Crippen molar-refractivity contribution in [2.24, 2.45) is 0 Å². The number of hydrogen-bond donors (Lipinski definition) is 2. The number of carbonyl (C=O) groups excluding carboxylic acids is 2. The lowest BCUT2D eigenvalue weighted by atomic mass is 10.1. The quantitative estimate of drug-likeness (QED) is 0.820. The van der Waals surface area contributed by atoms with Gasteiger partial charge in [-0.1, -0.05) is 5.16 Å². The first-order chi connectivity index (χ1) is 12.2. The molecule has 2 atom stereocenters. The van der Waals surface area contributed by atoms with E-state index in [0.717, 1.165) is 51.0 Å². The summed E-state index contributed by atoms with van der Waals surface area (Å²) in [5, 5.41) is 9.87. The zero-order valence-electron chi connectivity index (χ0n) is 14.4. The van der Waals surface area contributed by atoms with Crippen molar-refractivity contribution in [3.8, 4) is 0 Å². The number of amides is 2. The normalized spacial score (nSPS) is 27.8. The minimum Gasteiger partial charge on any atom is -0.354 e. The van der Waals surface area contributed by atoms with Gasteiger partial charge in [0.1, 0.15) is 6.04 Å². The second-order valence-corrected chi connectivity index (χ2v) is 7.30. The highest BCUT2D eigenvalue weighted by molar-refractivity contribution is 5.88. The van der Waals surface area contributed by atoms with Crippen LogP contribution in [-0.4, -0.2) is 52.5 Å². The molecule has 1 saturated carbocycles. The molecule has 2 N–H and O–H groups in total. The molecule has 25 heavy (non-hydrogen) atoms. The van der Waals surface area contributed by atoms with Crippen LogP contribution in [-0.2, 0) is 9.59 Å². The Morgan fingerprint density at radius 3 is 2.96 bits per heavy atom. The number of carbonyl (C=O) groups is 2. The van der Waals surface area contributed by atoms with Gasteiger partial charge in [0.25, 0.3) is 0 Å². The molecule has 3 fully saturated rings. The molecule has 2 amide bonds. The molecule has 0 radical (unpaired) electrons. The lowest BCUT2D eigenvalue weighted by Gasteiger charge is -2.22. The van der Waals surface area contributed by atoms with E-state index in [1.807, 2.05) is 0 Å². The Bertz CT molecular complexity index is 642. The van der Waals surface area contributed by atoms with Crippen LogP contribution < -0.4 is 10.6 Å². The maximum atomic E-state index is 12.4. The van der Waals surface area contributed by atoms with Crippen molar-refractivity contribution < 1.29 is 14.1 Å². The predicted molar refractivity (Wildman–Crippen MR) is 88.6 cm³/mol. The second kappa shape index (κ2) is 7.11. The van der Waals surface area contributed by atoms with E-state index < -0.39 is 6.04 Å². The number of likely N-dealkylation sites (tertiary alicyclic amines) is 1. The van der Waals surface area contributed by atoms with Gasteiger partial charge in [-0.05, 0) is 51.5 Å². The van der Waals surface area contributed by atoms with Crippen molar-refractivity contribution in [1.82, 2.24) is 25.7 Å². The Hall–Kier alpha value is -1.96. The molecule has 3 aliphatic rings. The maximum Gasteiger partial charge on any atom is 0.242 e. The summed E-state index contributed by atoms with van der Waals surface area (Å²) in [6.45, 7) is 1.80. The average Bonchev–Trinajstić information content (AvgIpc) is 3.21. The Balaban J connectivity index is 1.35. The van der Waals surface area contributed by atoms with Crippen LogP contribution in [0, 0.1) is 0 Å². The zero-order valence-corrected chi connectivity index (χ0v) is 14.4. The minimum atomic E-state index is -0.414. The van der Waals surface area contributed by atoms with E-state index in [-0.39, 0.29) is 24.4 Å². The molecular formula is C17H25N5O3. The molecule has 1 aliphatic carbocycles. The number of rotatable bonds is 5. The van der Waals surface area contributed by atoms with Crippen molar-refractivity contribution in [2.45, 2.75) is 62.9 Å². The Morgan fingerprint density at radius 2 is 2.12 bits per heavy atom. The lowest BCUT2D eigenvalue weighted by molar-refractivity contribution is -0.129. The molecule has 2 saturated heterocycles. The zero-order chi connectivity index (χ0) is 17.2. The predicted octanol–water partition coefficient (Wildman–Crippen LogP) is 0.869. The van der Waals surface area contributed by atoms with Gasteiger partial charge >= 0.3 is 0 Å². The van der Waals surface area contributed by atoms with Gasteiger partial charge in [0.15, 0.2) is 5.82 Å². The summed E-state index contributed by atoms with van der Waals surface area (Å²) >= 11 is 0. The monoisotopic (exact) mass is 347 g/mol. The summed E-state index contributed by atoms with van der Waals surface area (Å²) in [5.74, 6) is 1.69. The fraction of sp³-hybridized carbons (Fsp3) is 0.765. The van der Waals surface area contributed by atoms with Gasteiger partial charge < -0.3 is 15.2 Å². The first kappa shape index (κ1) is 16.5. The smallest absolute Gasteiger partial charge is 0.242 e. The van der Waals surface area contributed by atoms with Crippen molar-refractivity contribution in [3.63, 3.8) is 0 Å². The Kier molecular flexibility index (Phi) is 4.70. The molecule has 0 bridgehead atoms. The Labute approximate surface area is 146 Å². The molecule has 4 rings (SSSR count). The van der Waals surface area contributed by atoms with Gasteiger partial charge in [-0.2, -0.15) is 4.98 Å². The SMILES string of the molecule is O=C(CN1CCC[C@@H]1c1noc(C2CC2)n1)N[C@@H]1CCCCNC1=O. The van der Waals surface area contributed by atoms with Crippen molar-refractivity contribution in [1.29, 1.82) is 0 Å². The fourth-order valence-electron chi connectivity index (χ4n) is 3.69. The standard InChI is InChI=1S/C17H25N5O3/c23-14(19-12-4-1-2-8-18-16(12)24)10-22-9-3-5-13(22)15-20-17(25-21-15)11-6-7-11/h11-13H,1-10H2,(H,18,24)(H,19,23)/t12-,13-/m1/s1. The molecule has 0 spiro atoms. The number of nitrogens with zero attached hydrogens (tertiary/aromatic N) is 3. The van der Waals surface area contributed by atoms with Gasteiger partial charge in [0, 0.05) is 12.5 Å². The third kappa shape index (κ3) is 3.84. The molecule has 8 heteroatoms. The number of hydrogen-bond acceptors (Lipinski definition) is 6. The second-order valence-electron chi connectivity index (χ2n) is 7.30. The summed E-state index contributed by atoms with van der Waals surface area (Å²) in [4.78, 5) is 31.0. The molecule has 136 valence electrons. The lowest BCUT2D eigenvalue weighted by Crippen LogP contribution is -2.48. The van der Waals surface area contributed by atoms with Crippen LogP contribution in [0.15, 0.2) is 4.52 Å². The van der Waals surface area contributed by atoms with Crippen molar-refractivity contribution in [3.05, 3.63) is 11.7 Å². The van der Waals surface area contributed by atoms with Crippen molar-refractivity contribution >= 4 is 11.8 Å². The fourth-order valence-corrected chi connectivity index (χ4v) is 3.69. The minimum absolute atomic E-state index is 0.0324. The average molecular weight is 347 g/mol. The summed E-state index contributed by atoms with van der Waals surface area (Å²) in [7, 11) is 0. The van der Waals surface area contributed by atoms with Crippen LogP contribution in [0.2, 0.25) is 0 Å². The van der Waals surface area contributed by atoms with Gasteiger partial charge in [-0.3, -0.25) is 14.5 Å². The third-order valence-electron chi connectivity index (χ3n) is 5.26. The summed E-state index contributed by atoms with van der Waals surface area (Å²) in [5.41, 5.74) is 0. The van der Waals surface area contributed by atoms with Crippen molar-refractivity contribution in [2.75, 3.05) is 19.6 Å². The van der Waals surface area contributed by atoms with Gasteiger partial charge in [0.2, 0.25) is 17.7 Å². The summed E-state index contributed by atoms with van der Waals surface area (Å²) in [6.07, 6.45) is 6.81. The molecule has 0 unspecified atom stereocenters. The van der Waals surface area contributed by atoms with E-state index in [4.69, 9.17) is 4.52 Å². The summed E-state index contributed by atoms with van der Waals surface area (Å²) in [6, 6.07) is -0.382. The first-order valence-electron chi connectivity index (χ1n) is 9.35. The van der Waals surface area contributed by atoms with E-state index >= 15 is 0 Å². The third-order valence-corrected chi connectivity index (χ3v) is 5.26. The molecule has 1 aromatic heterocycles. The van der Waals surface area contributed by atoms with Crippen LogP contribution >= 0.6 is 0 Å². The van der Waals surface area contributed by atoms with Crippen LogP contribution in [0.1, 0.15) is 68.6 Å². The van der Waals surface area contributed by atoms with E-state index in [2.05, 4.69) is 25.7 Å². The highest BCUT2D eigenvalue weighted by atomic mass is 16.5. The largest absolute Gasteiger partial charge is 0.354 e. The van der Waals surface area contributed by atoms with Crippen LogP contribution in [0.25, 0.3) is 0 Å². The highest BCUT2D eigenvalue weighted by Gasteiger charge is 2.35. The number of aromatic nitrogens is 2. The van der Waals surface area contributed by atoms with Gasteiger partial charge in [-0.25, -0.2) is 0 Å². The molecule has 8 nitrogen and oxygen atoms in total. The number of nitrogens with one attached hydrogen (secondary N) is 2. The maximum absolute atomic E-state index is 12.4. The highest BCUT2D eigenvalue weighted by Crippen LogP contribution is 2.40. The van der Waals surface area contributed by atoms with E-state index in [9.17, 15) is 9.59 Å². The van der Waals surface area contributed by atoms with Crippen LogP contribution in [0.3, 0.4) is 0 Å². The molecule has 0 aromatic carbocycles. The summed E-state index contributed by atoms with van der Waals surface area (Å²) < 4.78 is 5.36. The first-order valence-corrected chi connectivity index (χ1v) is 9.35. The van der Waals surface area contributed by atoms with E-state index in [1.54, 1.807) is 0 Å². The molecule has 2 aliphatic heterocycles. The van der Waals surface area contributed by atoms with Gasteiger partial charge in [0.05, 0.1) is 12.6 Å². The van der Waals surface area contributed by atoms with E-state index in [0.29, 0.717) is 24.7 Å². The molecule has 3 heterocycles. The van der Waals surface area contributed by atoms with Gasteiger partial charge in [-0.15, -0.1) is 0 Å². The van der Waals surface area contributed by atoms with Crippen LogP contribution in [0.5, 0.6) is 0 Å². The topological polar surface area (TPSA) is 100 Å². The molecule has 1 aromatic rings. The van der Waals surface area contributed by atoms with Crippen LogP contribution in [0.4, 0.5) is 0 Å². The molecular weight excluding hydrogens is 322 g/mol. The van der Waals surface area contributed by atoms with E-state index in [1.165, 1.54) is 0 Å². The Morgan fingerprint density at radius 1 is 1.24 bits per heavy atom.